The molecule has 0 saturated carbocycles. The Bertz CT molecular complexity index is 1170. The van der Waals surface area contributed by atoms with Gasteiger partial charge in [-0.25, -0.2) is 4.98 Å². The number of carbonyl (C=O) groups excluding carboxylic acids is 1. The van der Waals surface area contributed by atoms with Gasteiger partial charge in [0.1, 0.15) is 4.83 Å². The van der Waals surface area contributed by atoms with Crippen LogP contribution in [-0.4, -0.2) is 26.1 Å². The molecule has 1 aromatic carbocycles. The number of nitrogens with one attached hydrogen (secondary N) is 1. The van der Waals surface area contributed by atoms with Gasteiger partial charge in [-0.05, 0) is 17.5 Å². The Morgan fingerprint density at radius 1 is 1.38 bits per heavy atom. The van der Waals surface area contributed by atoms with Crippen molar-refractivity contribution in [3.8, 4) is 0 Å². The number of anilines is 1. The second-order valence-electron chi connectivity index (χ2n) is 5.72. The zero-order chi connectivity index (χ0) is 21.3. The number of thioether (sulfide) groups is 1. The number of thiophene rings is 1. The molecule has 152 valence electrons. The van der Waals surface area contributed by atoms with Gasteiger partial charge in [0.25, 0.3) is 11.2 Å². The van der Waals surface area contributed by atoms with E-state index in [4.69, 9.17) is 0 Å². The molecule has 0 radical (unpaired) electrons. The number of benzene rings is 1. The molecule has 0 aliphatic rings. The van der Waals surface area contributed by atoms with Gasteiger partial charge in [-0.3, -0.25) is 24.3 Å². The normalized spacial score (nSPS) is 11.6. The van der Waals surface area contributed by atoms with Crippen molar-refractivity contribution in [2.24, 2.45) is 7.05 Å². The third-order valence-corrected chi connectivity index (χ3v) is 5.63. The number of hydrogen-bond acceptors (Lipinski definition) is 7. The van der Waals surface area contributed by atoms with E-state index in [-0.39, 0.29) is 16.5 Å². The lowest BCUT2D eigenvalue weighted by Crippen LogP contribution is -2.21. The number of nitro groups is 1. The maximum absolute atomic E-state index is 13.2. The zero-order valence-electron chi connectivity index (χ0n) is 14.5. The summed E-state index contributed by atoms with van der Waals surface area (Å²) in [7, 11) is 1.48. The summed E-state index contributed by atoms with van der Waals surface area (Å²) in [6.45, 7) is 0. The summed E-state index contributed by atoms with van der Waals surface area (Å²) in [4.78, 5) is 38.9. The largest absolute Gasteiger partial charge is 0.418 e. The molecule has 3 rings (SSSR count). The van der Waals surface area contributed by atoms with Crippen molar-refractivity contribution in [1.82, 2.24) is 9.55 Å². The van der Waals surface area contributed by atoms with Crippen LogP contribution in [0.25, 0.3) is 10.2 Å². The molecule has 3 aromatic rings. The molecule has 0 atom stereocenters. The Balaban J connectivity index is 1.79. The fourth-order valence-corrected chi connectivity index (χ4v) is 3.99. The standard InChI is InChI=1S/C16H11F3N4O4S2/c1-22-14(25)9-4-5-28-13(9)21-15(22)29-7-12(24)20-11-3-2-8(23(26)27)6-10(11)16(17,18)19/h2-6H,7H2,1H3,(H,20,24). The van der Waals surface area contributed by atoms with Crippen LogP contribution in [-0.2, 0) is 18.0 Å². The molecule has 8 nitrogen and oxygen atoms in total. The van der Waals surface area contributed by atoms with Gasteiger partial charge in [-0.15, -0.1) is 11.3 Å². The van der Waals surface area contributed by atoms with Gasteiger partial charge in [-0.2, -0.15) is 13.2 Å². The lowest BCUT2D eigenvalue weighted by molar-refractivity contribution is -0.385. The first kappa shape index (κ1) is 20.8. The van der Waals surface area contributed by atoms with Crippen LogP contribution in [0.3, 0.4) is 0 Å². The van der Waals surface area contributed by atoms with Crippen molar-refractivity contribution in [2.75, 3.05) is 11.1 Å². The Morgan fingerprint density at radius 3 is 2.76 bits per heavy atom. The van der Waals surface area contributed by atoms with Crippen molar-refractivity contribution in [2.45, 2.75) is 11.3 Å². The number of non-ortho nitro benzene ring substituents is 1. The number of nitro benzene ring substituents is 1. The minimum Gasteiger partial charge on any atom is -0.325 e. The van der Waals surface area contributed by atoms with E-state index in [1.807, 2.05) is 0 Å². The van der Waals surface area contributed by atoms with E-state index in [1.54, 1.807) is 11.4 Å². The number of aromatic nitrogens is 2. The second kappa shape index (κ2) is 7.83. The molecule has 0 aliphatic heterocycles. The summed E-state index contributed by atoms with van der Waals surface area (Å²) in [6, 6.07) is 3.69. The second-order valence-corrected chi connectivity index (χ2v) is 7.56. The highest BCUT2D eigenvalue weighted by molar-refractivity contribution is 7.99. The number of amides is 1. The summed E-state index contributed by atoms with van der Waals surface area (Å²) in [5.41, 5.74) is -2.96. The van der Waals surface area contributed by atoms with Gasteiger partial charge in [-0.1, -0.05) is 11.8 Å². The van der Waals surface area contributed by atoms with Gasteiger partial charge < -0.3 is 5.32 Å². The molecule has 2 heterocycles. The molecule has 0 fully saturated rings. The summed E-state index contributed by atoms with van der Waals surface area (Å²) in [6.07, 6.45) is -4.89. The van der Waals surface area contributed by atoms with Crippen LogP contribution in [0.4, 0.5) is 24.5 Å². The van der Waals surface area contributed by atoms with Gasteiger partial charge in [0.05, 0.1) is 27.3 Å². The van der Waals surface area contributed by atoms with Crippen molar-refractivity contribution in [3.05, 3.63) is 55.7 Å². The Labute approximate surface area is 168 Å². The molecule has 1 amide bonds. The lowest BCUT2D eigenvalue weighted by atomic mass is 10.1. The topological polar surface area (TPSA) is 107 Å². The van der Waals surface area contributed by atoms with E-state index < -0.39 is 33.9 Å². The van der Waals surface area contributed by atoms with E-state index in [9.17, 15) is 32.9 Å². The number of alkyl halides is 3. The number of nitrogens with zero attached hydrogens (tertiary/aromatic N) is 3. The van der Waals surface area contributed by atoms with E-state index in [2.05, 4.69) is 10.3 Å². The first-order chi connectivity index (χ1) is 13.6. The van der Waals surface area contributed by atoms with Crippen LogP contribution in [0.2, 0.25) is 0 Å². The van der Waals surface area contributed by atoms with Crippen LogP contribution >= 0.6 is 23.1 Å². The third-order valence-electron chi connectivity index (χ3n) is 3.79. The predicted molar refractivity (Wildman–Crippen MR) is 102 cm³/mol. The molecule has 0 saturated heterocycles. The van der Waals surface area contributed by atoms with Gasteiger partial charge >= 0.3 is 6.18 Å². The fourth-order valence-electron chi connectivity index (χ4n) is 2.41. The molecule has 2 aromatic heterocycles. The van der Waals surface area contributed by atoms with Crippen LogP contribution in [0.15, 0.2) is 39.6 Å². The first-order valence-electron chi connectivity index (χ1n) is 7.80. The van der Waals surface area contributed by atoms with E-state index in [0.717, 1.165) is 23.9 Å². The molecule has 29 heavy (non-hydrogen) atoms. The minimum absolute atomic E-state index is 0.236. The van der Waals surface area contributed by atoms with Crippen LogP contribution in [0.5, 0.6) is 0 Å². The highest BCUT2D eigenvalue weighted by Gasteiger charge is 2.35. The molecule has 0 spiro atoms. The molecule has 0 aliphatic carbocycles. The monoisotopic (exact) mass is 444 g/mol. The van der Waals surface area contributed by atoms with Crippen molar-refractivity contribution in [3.63, 3.8) is 0 Å². The number of fused-ring (bicyclic) bond motifs is 1. The van der Waals surface area contributed by atoms with E-state index in [1.165, 1.54) is 23.0 Å². The summed E-state index contributed by atoms with van der Waals surface area (Å²) in [5.74, 6) is -1.10. The minimum atomic E-state index is -4.89. The van der Waals surface area contributed by atoms with Crippen molar-refractivity contribution >= 4 is 50.6 Å². The molecular formula is C16H11F3N4O4S2. The maximum Gasteiger partial charge on any atom is 0.418 e. The predicted octanol–water partition coefficient (Wildman–Crippen LogP) is 3.65. The average molecular weight is 444 g/mol. The van der Waals surface area contributed by atoms with Crippen molar-refractivity contribution in [1.29, 1.82) is 0 Å². The highest BCUT2D eigenvalue weighted by Crippen LogP contribution is 2.37. The SMILES string of the molecule is Cn1c(SCC(=O)Nc2ccc([N+](=O)[O-])cc2C(F)(F)F)nc2sccc2c1=O. The van der Waals surface area contributed by atoms with Crippen LogP contribution in [0.1, 0.15) is 5.56 Å². The van der Waals surface area contributed by atoms with Gasteiger partial charge in [0, 0.05) is 19.2 Å². The van der Waals surface area contributed by atoms with E-state index >= 15 is 0 Å². The van der Waals surface area contributed by atoms with E-state index in [0.29, 0.717) is 16.3 Å². The lowest BCUT2D eigenvalue weighted by Gasteiger charge is -2.13. The third kappa shape index (κ3) is 4.40. The van der Waals surface area contributed by atoms with Gasteiger partial charge in [0.2, 0.25) is 5.91 Å². The summed E-state index contributed by atoms with van der Waals surface area (Å²) < 4.78 is 40.8. The Morgan fingerprint density at radius 2 is 2.10 bits per heavy atom. The summed E-state index contributed by atoms with van der Waals surface area (Å²) >= 11 is 2.14. The van der Waals surface area contributed by atoms with Crippen LogP contribution in [0, 0.1) is 10.1 Å². The molecule has 0 unspecified atom stereocenters. The summed E-state index contributed by atoms with van der Waals surface area (Å²) in [5, 5.41) is 15.2. The molecule has 0 bridgehead atoms. The maximum atomic E-state index is 13.2. The number of halogens is 3. The highest BCUT2D eigenvalue weighted by atomic mass is 32.2. The quantitative estimate of drug-likeness (QED) is 0.279. The number of carbonyl (C=O) groups is 1. The fraction of sp³-hybridized carbons (Fsp3) is 0.188. The Hall–Kier alpha value is -2.93. The zero-order valence-corrected chi connectivity index (χ0v) is 16.2. The first-order valence-corrected chi connectivity index (χ1v) is 9.67. The average Bonchev–Trinajstić information content (AvgIpc) is 3.11. The molecule has 1 N–H and O–H groups in total. The molecule has 13 heteroatoms. The van der Waals surface area contributed by atoms with Gasteiger partial charge in [0.15, 0.2) is 5.16 Å². The number of rotatable bonds is 5. The molecular weight excluding hydrogens is 433 g/mol. The Kier molecular flexibility index (Phi) is 5.61. The van der Waals surface area contributed by atoms with Crippen LogP contribution < -0.4 is 10.9 Å². The smallest absolute Gasteiger partial charge is 0.325 e. The van der Waals surface area contributed by atoms with Crippen molar-refractivity contribution < 1.29 is 22.9 Å². The number of hydrogen-bond donors (Lipinski definition) is 1.